The van der Waals surface area contributed by atoms with E-state index in [1.54, 1.807) is 16.7 Å². The SMILES string of the molecule is Cl.O=C(O)c1csc(-c2cccs2)n1. The Kier molecular flexibility index (Phi) is 3.62. The molecule has 0 radical (unpaired) electrons. The molecule has 0 aliphatic rings. The van der Waals surface area contributed by atoms with E-state index in [1.807, 2.05) is 17.5 Å². The standard InChI is InChI=1S/C8H5NO2S2.ClH/c10-8(11)5-4-13-7(9-5)6-2-1-3-12-6;/h1-4H,(H,10,11);1H. The van der Waals surface area contributed by atoms with E-state index < -0.39 is 5.97 Å². The molecule has 0 amide bonds. The minimum Gasteiger partial charge on any atom is -0.476 e. The van der Waals surface area contributed by atoms with Crippen molar-refractivity contribution in [3.05, 3.63) is 28.6 Å². The molecule has 2 rings (SSSR count). The second-order valence-corrected chi connectivity index (χ2v) is 4.13. The van der Waals surface area contributed by atoms with E-state index >= 15 is 0 Å². The predicted molar refractivity (Wildman–Crippen MR) is 59.6 cm³/mol. The van der Waals surface area contributed by atoms with Crippen LogP contribution in [0.1, 0.15) is 10.5 Å². The van der Waals surface area contributed by atoms with Gasteiger partial charge >= 0.3 is 5.97 Å². The van der Waals surface area contributed by atoms with Gasteiger partial charge in [-0.2, -0.15) is 0 Å². The fourth-order valence-corrected chi connectivity index (χ4v) is 2.49. The molecule has 0 unspecified atom stereocenters. The Morgan fingerprint density at radius 2 is 2.21 bits per heavy atom. The maximum Gasteiger partial charge on any atom is 0.355 e. The Morgan fingerprint density at radius 3 is 2.71 bits per heavy atom. The number of carboxylic acids is 1. The quantitative estimate of drug-likeness (QED) is 0.888. The highest BCUT2D eigenvalue weighted by molar-refractivity contribution is 7.20. The Bertz CT molecular complexity index is 424. The number of hydrogen-bond acceptors (Lipinski definition) is 4. The lowest BCUT2D eigenvalue weighted by molar-refractivity contribution is 0.0691. The molecule has 0 saturated heterocycles. The normalized spacial score (nSPS) is 9.43. The summed E-state index contributed by atoms with van der Waals surface area (Å²) in [6.07, 6.45) is 0. The van der Waals surface area contributed by atoms with Gasteiger partial charge in [0.1, 0.15) is 5.01 Å². The summed E-state index contributed by atoms with van der Waals surface area (Å²) >= 11 is 2.91. The molecule has 0 aliphatic heterocycles. The van der Waals surface area contributed by atoms with E-state index in [-0.39, 0.29) is 18.1 Å². The average Bonchev–Trinajstić information content (AvgIpc) is 2.75. The van der Waals surface area contributed by atoms with Crippen molar-refractivity contribution < 1.29 is 9.90 Å². The van der Waals surface area contributed by atoms with Crippen LogP contribution in [0.25, 0.3) is 9.88 Å². The summed E-state index contributed by atoms with van der Waals surface area (Å²) in [5, 5.41) is 12.9. The van der Waals surface area contributed by atoms with Crippen LogP contribution in [0, 0.1) is 0 Å². The van der Waals surface area contributed by atoms with Gasteiger partial charge in [0.15, 0.2) is 5.69 Å². The maximum absolute atomic E-state index is 10.5. The second-order valence-electron chi connectivity index (χ2n) is 2.32. The highest BCUT2D eigenvalue weighted by atomic mass is 35.5. The van der Waals surface area contributed by atoms with Crippen molar-refractivity contribution in [2.24, 2.45) is 0 Å². The summed E-state index contributed by atoms with van der Waals surface area (Å²) < 4.78 is 0. The molecule has 6 heteroatoms. The van der Waals surface area contributed by atoms with Gasteiger partial charge in [-0.25, -0.2) is 9.78 Å². The zero-order valence-corrected chi connectivity index (χ0v) is 9.29. The van der Waals surface area contributed by atoms with E-state index in [0.29, 0.717) is 0 Å². The summed E-state index contributed by atoms with van der Waals surface area (Å²) in [4.78, 5) is 15.5. The topological polar surface area (TPSA) is 50.2 Å². The highest BCUT2D eigenvalue weighted by Crippen LogP contribution is 2.27. The maximum atomic E-state index is 10.5. The van der Waals surface area contributed by atoms with Crippen molar-refractivity contribution in [3.8, 4) is 9.88 Å². The van der Waals surface area contributed by atoms with E-state index in [0.717, 1.165) is 9.88 Å². The summed E-state index contributed by atoms with van der Waals surface area (Å²) in [5.41, 5.74) is 0.119. The van der Waals surface area contributed by atoms with Crippen molar-refractivity contribution in [3.63, 3.8) is 0 Å². The van der Waals surface area contributed by atoms with Crippen LogP contribution in [0.5, 0.6) is 0 Å². The molecular weight excluding hydrogens is 242 g/mol. The third-order valence-corrected chi connectivity index (χ3v) is 3.34. The van der Waals surface area contributed by atoms with Gasteiger partial charge in [0.05, 0.1) is 4.88 Å². The molecule has 0 spiro atoms. The Labute approximate surface area is 94.5 Å². The lowest BCUT2D eigenvalue weighted by Gasteiger charge is -1.85. The third-order valence-electron chi connectivity index (χ3n) is 1.46. The monoisotopic (exact) mass is 247 g/mol. The van der Waals surface area contributed by atoms with Crippen molar-refractivity contribution in [2.75, 3.05) is 0 Å². The van der Waals surface area contributed by atoms with Crippen LogP contribution in [0.15, 0.2) is 22.9 Å². The average molecular weight is 248 g/mol. The van der Waals surface area contributed by atoms with Gasteiger partial charge in [-0.15, -0.1) is 35.1 Å². The van der Waals surface area contributed by atoms with Crippen LogP contribution in [0.2, 0.25) is 0 Å². The number of aromatic carboxylic acids is 1. The van der Waals surface area contributed by atoms with Gasteiger partial charge in [-0.1, -0.05) is 6.07 Å². The van der Waals surface area contributed by atoms with Gasteiger partial charge in [0, 0.05) is 5.38 Å². The fraction of sp³-hybridized carbons (Fsp3) is 0. The number of thiazole rings is 1. The molecule has 1 N–H and O–H groups in total. The molecule has 3 nitrogen and oxygen atoms in total. The predicted octanol–water partition coefficient (Wildman–Crippen LogP) is 2.99. The zero-order valence-electron chi connectivity index (χ0n) is 6.84. The Balaban J connectivity index is 0.000000980. The number of aromatic nitrogens is 1. The van der Waals surface area contributed by atoms with Crippen molar-refractivity contribution in [1.29, 1.82) is 0 Å². The van der Waals surface area contributed by atoms with Gasteiger partial charge in [0.25, 0.3) is 0 Å². The third kappa shape index (κ3) is 2.12. The molecule has 2 heterocycles. The minimum atomic E-state index is -0.973. The van der Waals surface area contributed by atoms with Crippen LogP contribution in [-0.2, 0) is 0 Å². The van der Waals surface area contributed by atoms with Crippen molar-refractivity contribution in [1.82, 2.24) is 4.98 Å². The lowest BCUT2D eigenvalue weighted by atomic mass is 10.5. The molecule has 74 valence electrons. The first-order valence-electron chi connectivity index (χ1n) is 3.50. The van der Waals surface area contributed by atoms with E-state index in [9.17, 15) is 4.79 Å². The molecule has 0 aromatic carbocycles. The van der Waals surface area contributed by atoms with Crippen LogP contribution < -0.4 is 0 Å². The first-order valence-corrected chi connectivity index (χ1v) is 5.26. The number of rotatable bonds is 2. The lowest BCUT2D eigenvalue weighted by Crippen LogP contribution is -1.95. The summed E-state index contributed by atoms with van der Waals surface area (Å²) in [5.74, 6) is -0.973. The molecule has 0 aliphatic carbocycles. The number of carboxylic acid groups (broad SMARTS) is 1. The van der Waals surface area contributed by atoms with Gasteiger partial charge in [0.2, 0.25) is 0 Å². The van der Waals surface area contributed by atoms with Gasteiger partial charge in [-0.3, -0.25) is 0 Å². The number of thiophene rings is 1. The largest absolute Gasteiger partial charge is 0.476 e. The Morgan fingerprint density at radius 1 is 1.43 bits per heavy atom. The summed E-state index contributed by atoms with van der Waals surface area (Å²) in [7, 11) is 0. The molecular formula is C8H6ClNO2S2. The van der Waals surface area contributed by atoms with Crippen LogP contribution in [-0.4, -0.2) is 16.1 Å². The highest BCUT2D eigenvalue weighted by Gasteiger charge is 2.09. The molecule has 0 atom stereocenters. The summed E-state index contributed by atoms with van der Waals surface area (Å²) in [6.45, 7) is 0. The molecule has 2 aromatic heterocycles. The molecule has 2 aromatic rings. The zero-order chi connectivity index (χ0) is 9.26. The number of carbonyl (C=O) groups is 1. The number of halogens is 1. The molecule has 0 saturated carbocycles. The number of hydrogen-bond donors (Lipinski definition) is 1. The van der Waals surface area contributed by atoms with Crippen molar-refractivity contribution >= 4 is 41.0 Å². The van der Waals surface area contributed by atoms with Gasteiger partial charge < -0.3 is 5.11 Å². The van der Waals surface area contributed by atoms with Crippen LogP contribution in [0.3, 0.4) is 0 Å². The molecule has 14 heavy (non-hydrogen) atoms. The van der Waals surface area contributed by atoms with E-state index in [1.165, 1.54) is 11.3 Å². The summed E-state index contributed by atoms with van der Waals surface area (Å²) in [6, 6.07) is 3.84. The Hall–Kier alpha value is -0.910. The second kappa shape index (κ2) is 4.54. The van der Waals surface area contributed by atoms with E-state index in [4.69, 9.17) is 5.11 Å². The fourth-order valence-electron chi connectivity index (χ4n) is 0.885. The van der Waals surface area contributed by atoms with Crippen LogP contribution in [0.4, 0.5) is 0 Å². The van der Waals surface area contributed by atoms with Crippen molar-refractivity contribution in [2.45, 2.75) is 0 Å². The molecule has 0 fully saturated rings. The first-order chi connectivity index (χ1) is 6.27. The smallest absolute Gasteiger partial charge is 0.355 e. The number of nitrogens with zero attached hydrogens (tertiary/aromatic N) is 1. The van der Waals surface area contributed by atoms with Gasteiger partial charge in [-0.05, 0) is 11.4 Å². The first kappa shape index (κ1) is 11.2. The van der Waals surface area contributed by atoms with E-state index in [2.05, 4.69) is 4.98 Å². The molecule has 0 bridgehead atoms. The van der Waals surface area contributed by atoms with Crippen LogP contribution >= 0.6 is 35.1 Å². The minimum absolute atomic E-state index is 0.